The highest BCUT2D eigenvalue weighted by Crippen LogP contribution is 2.41. The first-order valence-electron chi connectivity index (χ1n) is 15.9. The van der Waals surface area contributed by atoms with Gasteiger partial charge in [0.25, 0.3) is 10.0 Å². The number of carbonyl (C=O) groups is 1. The van der Waals surface area contributed by atoms with E-state index in [2.05, 4.69) is 23.8 Å². The summed E-state index contributed by atoms with van der Waals surface area (Å²) in [6.07, 6.45) is 0.658. The zero-order valence-electron chi connectivity index (χ0n) is 28.6. The fourth-order valence-corrected chi connectivity index (χ4v) is 7.10. The average Bonchev–Trinajstić information content (AvgIpc) is 3.52. The van der Waals surface area contributed by atoms with Gasteiger partial charge in [-0.15, -0.1) is 0 Å². The van der Waals surface area contributed by atoms with Gasteiger partial charge in [-0.05, 0) is 93.0 Å². The third-order valence-corrected chi connectivity index (χ3v) is 10.1. The van der Waals surface area contributed by atoms with Gasteiger partial charge in [-0.1, -0.05) is 51.5 Å². The molecule has 4 rings (SSSR count). The van der Waals surface area contributed by atoms with Crippen molar-refractivity contribution in [1.29, 1.82) is 0 Å². The summed E-state index contributed by atoms with van der Waals surface area (Å²) in [4.78, 5) is 15.3. The summed E-state index contributed by atoms with van der Waals surface area (Å²) >= 11 is 0. The van der Waals surface area contributed by atoms with Crippen LogP contribution in [0.3, 0.4) is 0 Å². The maximum atomic E-state index is 14.2. The van der Waals surface area contributed by atoms with Crippen LogP contribution in [0.2, 0.25) is 0 Å². The lowest BCUT2D eigenvalue weighted by atomic mass is 9.99. The molecule has 0 N–H and O–H groups in total. The standard InChI is InChI=1S/C36H46N4O6S/c1-9-38(10-2)21-12-22-39(47(42,43)28-18-15-26(5)16-19-28)27-17-20-31(29(23-27)25(3)4)40-32(24-30(37-40)36(41)46-8)35-33(44-6)13-11-14-34(35)45-7/h11,13-20,23-25H,9-10,12,21-22H2,1-8H3. The minimum atomic E-state index is -3.88. The molecule has 0 fully saturated rings. The highest BCUT2D eigenvalue weighted by molar-refractivity contribution is 7.92. The number of hydrogen-bond acceptors (Lipinski definition) is 8. The van der Waals surface area contributed by atoms with Gasteiger partial charge in [-0.2, -0.15) is 5.10 Å². The summed E-state index contributed by atoms with van der Waals surface area (Å²) in [5, 5.41) is 4.68. The number of rotatable bonds is 15. The predicted octanol–water partition coefficient (Wildman–Crippen LogP) is 6.70. The molecule has 1 aromatic heterocycles. The van der Waals surface area contributed by atoms with Gasteiger partial charge in [-0.25, -0.2) is 17.9 Å². The van der Waals surface area contributed by atoms with Gasteiger partial charge in [0.2, 0.25) is 0 Å². The van der Waals surface area contributed by atoms with Crippen LogP contribution < -0.4 is 13.8 Å². The van der Waals surface area contributed by atoms with E-state index in [1.807, 2.05) is 63.2 Å². The van der Waals surface area contributed by atoms with Crippen LogP contribution in [0.25, 0.3) is 16.9 Å². The molecule has 0 atom stereocenters. The highest BCUT2D eigenvalue weighted by Gasteiger charge is 2.28. The van der Waals surface area contributed by atoms with Crippen LogP contribution in [0.4, 0.5) is 5.69 Å². The Labute approximate surface area is 278 Å². The van der Waals surface area contributed by atoms with E-state index in [1.54, 1.807) is 43.2 Å². The third-order valence-electron chi connectivity index (χ3n) is 8.28. The maximum Gasteiger partial charge on any atom is 0.358 e. The first-order valence-corrected chi connectivity index (χ1v) is 17.3. The van der Waals surface area contributed by atoms with Crippen molar-refractivity contribution >= 4 is 21.7 Å². The number of nitrogens with zero attached hydrogens (tertiary/aromatic N) is 4. The van der Waals surface area contributed by atoms with Crippen LogP contribution in [0.1, 0.15) is 61.6 Å². The van der Waals surface area contributed by atoms with Gasteiger partial charge in [0, 0.05) is 6.54 Å². The minimum Gasteiger partial charge on any atom is -0.496 e. The summed E-state index contributed by atoms with van der Waals surface area (Å²) in [5.41, 5.74) is 4.32. The first kappa shape index (κ1) is 35.5. The smallest absolute Gasteiger partial charge is 0.358 e. The monoisotopic (exact) mass is 662 g/mol. The minimum absolute atomic E-state index is 0.0391. The molecule has 0 radical (unpaired) electrons. The summed E-state index contributed by atoms with van der Waals surface area (Å²) < 4.78 is 48.0. The molecule has 10 nitrogen and oxygen atoms in total. The van der Waals surface area contributed by atoms with E-state index in [-0.39, 0.29) is 16.5 Å². The Bertz CT molecular complexity index is 1760. The Kier molecular flexibility index (Phi) is 11.7. The average molecular weight is 663 g/mol. The predicted molar refractivity (Wildman–Crippen MR) is 186 cm³/mol. The molecule has 0 spiro atoms. The van der Waals surface area contributed by atoms with Crippen molar-refractivity contribution in [3.8, 4) is 28.4 Å². The number of aromatic nitrogens is 2. The number of anilines is 1. The molecular formula is C36H46N4O6S. The van der Waals surface area contributed by atoms with Gasteiger partial charge >= 0.3 is 5.97 Å². The molecular weight excluding hydrogens is 616 g/mol. The van der Waals surface area contributed by atoms with E-state index < -0.39 is 16.0 Å². The number of sulfonamides is 1. The van der Waals surface area contributed by atoms with Gasteiger partial charge in [0.1, 0.15) is 11.5 Å². The number of methoxy groups -OCH3 is 3. The second kappa shape index (κ2) is 15.5. The molecule has 0 aliphatic heterocycles. The molecule has 0 saturated carbocycles. The van der Waals surface area contributed by atoms with Gasteiger partial charge in [-0.3, -0.25) is 4.31 Å². The molecule has 3 aromatic carbocycles. The maximum absolute atomic E-state index is 14.2. The molecule has 0 unspecified atom stereocenters. The van der Waals surface area contributed by atoms with Crippen molar-refractivity contribution in [1.82, 2.24) is 14.7 Å². The lowest BCUT2D eigenvalue weighted by Crippen LogP contribution is -2.34. The van der Waals surface area contributed by atoms with Crippen LogP contribution >= 0.6 is 0 Å². The lowest BCUT2D eigenvalue weighted by Gasteiger charge is -2.28. The molecule has 0 aliphatic rings. The van der Waals surface area contributed by atoms with Crippen LogP contribution in [0.15, 0.2) is 71.6 Å². The van der Waals surface area contributed by atoms with E-state index in [0.717, 1.165) is 30.8 Å². The van der Waals surface area contributed by atoms with Gasteiger partial charge < -0.3 is 19.1 Å². The fraction of sp³-hybridized carbons (Fsp3) is 0.389. The number of aryl methyl sites for hydroxylation is 1. The molecule has 47 heavy (non-hydrogen) atoms. The molecule has 252 valence electrons. The van der Waals surface area contributed by atoms with Crippen LogP contribution in [0, 0.1) is 6.92 Å². The Morgan fingerprint density at radius 1 is 0.894 bits per heavy atom. The highest BCUT2D eigenvalue weighted by atomic mass is 32.2. The number of carbonyl (C=O) groups excluding carboxylic acids is 1. The Balaban J connectivity index is 1.91. The Morgan fingerprint density at radius 3 is 2.09 bits per heavy atom. The normalized spacial score (nSPS) is 11.6. The molecule has 0 saturated heterocycles. The topological polar surface area (TPSA) is 103 Å². The molecule has 4 aromatic rings. The quantitative estimate of drug-likeness (QED) is 0.130. The van der Waals surface area contributed by atoms with E-state index >= 15 is 0 Å². The van der Waals surface area contributed by atoms with Gasteiger partial charge in [0.15, 0.2) is 5.69 Å². The molecule has 1 heterocycles. The van der Waals surface area contributed by atoms with Crippen molar-refractivity contribution in [2.75, 3.05) is 51.8 Å². The molecule has 0 bridgehead atoms. The molecule has 0 aliphatic carbocycles. The summed E-state index contributed by atoms with van der Waals surface area (Å²) in [5.74, 6) is 0.439. The number of ether oxygens (including phenoxy) is 3. The van der Waals surface area contributed by atoms with Crippen LogP contribution in [0.5, 0.6) is 11.5 Å². The summed E-state index contributed by atoms with van der Waals surface area (Å²) in [6, 6.07) is 19.6. The van der Waals surface area contributed by atoms with E-state index in [4.69, 9.17) is 14.2 Å². The third kappa shape index (κ3) is 7.63. The van der Waals surface area contributed by atoms with Crippen molar-refractivity contribution in [2.24, 2.45) is 0 Å². The SMILES string of the molecule is CCN(CC)CCCN(c1ccc(-n2nc(C(=O)OC)cc2-c2c(OC)cccc2OC)c(C(C)C)c1)S(=O)(=O)c1ccc(C)cc1. The van der Waals surface area contributed by atoms with Crippen molar-refractivity contribution in [3.63, 3.8) is 0 Å². The Morgan fingerprint density at radius 2 is 1.53 bits per heavy atom. The number of hydrogen-bond donors (Lipinski definition) is 0. The van der Waals surface area contributed by atoms with Gasteiger partial charge in [0.05, 0.1) is 48.9 Å². The number of esters is 1. The molecule has 0 amide bonds. The van der Waals surface area contributed by atoms with E-state index in [9.17, 15) is 13.2 Å². The summed E-state index contributed by atoms with van der Waals surface area (Å²) in [6.45, 7) is 13.1. The van der Waals surface area contributed by atoms with Crippen LogP contribution in [-0.2, 0) is 14.8 Å². The van der Waals surface area contributed by atoms with E-state index in [0.29, 0.717) is 47.1 Å². The van der Waals surface area contributed by atoms with Crippen molar-refractivity contribution in [3.05, 3.63) is 83.6 Å². The zero-order chi connectivity index (χ0) is 34.3. The fourth-order valence-electron chi connectivity index (χ4n) is 5.61. The second-order valence-electron chi connectivity index (χ2n) is 11.5. The zero-order valence-corrected chi connectivity index (χ0v) is 29.4. The number of benzene rings is 3. The van der Waals surface area contributed by atoms with E-state index in [1.165, 1.54) is 11.4 Å². The lowest BCUT2D eigenvalue weighted by molar-refractivity contribution is 0.0593. The molecule has 11 heteroatoms. The second-order valence-corrected chi connectivity index (χ2v) is 13.4. The van der Waals surface area contributed by atoms with Crippen LogP contribution in [-0.4, -0.2) is 76.6 Å². The Hall–Kier alpha value is -4.35. The van der Waals surface area contributed by atoms with Crippen molar-refractivity contribution < 1.29 is 27.4 Å². The van der Waals surface area contributed by atoms with Crippen molar-refractivity contribution in [2.45, 2.75) is 51.9 Å². The summed E-state index contributed by atoms with van der Waals surface area (Å²) in [7, 11) is 0.559. The first-order chi connectivity index (χ1) is 22.5. The largest absolute Gasteiger partial charge is 0.496 e.